The van der Waals surface area contributed by atoms with Gasteiger partial charge < -0.3 is 10.5 Å². The molecule has 0 aromatic carbocycles. The van der Waals surface area contributed by atoms with Crippen LogP contribution in [0, 0.1) is 0 Å². The summed E-state index contributed by atoms with van der Waals surface area (Å²) in [7, 11) is 1.42. The Balaban J connectivity index is 2.08. The molecule has 0 bridgehead atoms. The largest absolute Gasteiger partial charge is 0.469 e. The van der Waals surface area contributed by atoms with E-state index >= 15 is 0 Å². The lowest BCUT2D eigenvalue weighted by atomic mass is 10.3. The van der Waals surface area contributed by atoms with Gasteiger partial charge in [0.05, 0.1) is 13.5 Å². The molecule has 2 unspecified atom stereocenters. The summed E-state index contributed by atoms with van der Waals surface area (Å²) in [5.74, 6) is 0.712. The monoisotopic (exact) mass is 203 g/mol. The van der Waals surface area contributed by atoms with Crippen molar-refractivity contribution >= 4 is 17.7 Å². The molecule has 2 N–H and O–H groups in total. The molecule has 0 aromatic rings. The highest BCUT2D eigenvalue weighted by Gasteiger charge is 2.23. The maximum atomic E-state index is 10.8. The average molecular weight is 203 g/mol. The minimum absolute atomic E-state index is 0.126. The highest BCUT2D eigenvalue weighted by atomic mass is 32.2. The van der Waals surface area contributed by atoms with Crippen LogP contribution in [0.15, 0.2) is 0 Å². The molecule has 1 fully saturated rings. The van der Waals surface area contributed by atoms with Gasteiger partial charge in [-0.15, -0.1) is 0 Å². The van der Waals surface area contributed by atoms with Gasteiger partial charge in [-0.25, -0.2) is 0 Å². The molecule has 0 heterocycles. The molecule has 0 spiro atoms. The normalized spacial score (nSPS) is 27.5. The first-order valence-electron chi connectivity index (χ1n) is 4.68. The molecule has 3 nitrogen and oxygen atoms in total. The molecule has 0 aliphatic heterocycles. The molecule has 0 saturated heterocycles. The fourth-order valence-corrected chi connectivity index (χ4v) is 2.86. The highest BCUT2D eigenvalue weighted by molar-refractivity contribution is 8.00. The number of carbonyl (C=O) groups excluding carboxylic acids is 1. The molecule has 0 radical (unpaired) electrons. The van der Waals surface area contributed by atoms with Crippen molar-refractivity contribution in [3.8, 4) is 0 Å². The molecular formula is C9H17NO2S. The number of hydrogen-bond donors (Lipinski definition) is 1. The number of hydrogen-bond acceptors (Lipinski definition) is 4. The van der Waals surface area contributed by atoms with Crippen LogP contribution in [0.2, 0.25) is 0 Å². The molecular weight excluding hydrogens is 186 g/mol. The zero-order valence-electron chi connectivity index (χ0n) is 7.99. The van der Waals surface area contributed by atoms with Crippen LogP contribution < -0.4 is 5.73 Å². The van der Waals surface area contributed by atoms with E-state index in [2.05, 4.69) is 4.74 Å². The summed E-state index contributed by atoms with van der Waals surface area (Å²) in [5, 5.41) is 0.560. The van der Waals surface area contributed by atoms with Crippen molar-refractivity contribution in [2.75, 3.05) is 12.9 Å². The summed E-state index contributed by atoms with van der Waals surface area (Å²) in [6.45, 7) is 0. The van der Waals surface area contributed by atoms with Crippen molar-refractivity contribution in [3.05, 3.63) is 0 Å². The number of rotatable bonds is 4. The Kier molecular flexibility index (Phi) is 4.59. The number of esters is 1. The van der Waals surface area contributed by atoms with Crippen LogP contribution in [0.5, 0.6) is 0 Å². The van der Waals surface area contributed by atoms with E-state index in [9.17, 15) is 4.79 Å². The molecule has 0 amide bonds. The van der Waals surface area contributed by atoms with Crippen molar-refractivity contribution in [2.24, 2.45) is 5.73 Å². The summed E-state index contributed by atoms with van der Waals surface area (Å²) in [4.78, 5) is 10.8. The van der Waals surface area contributed by atoms with Crippen molar-refractivity contribution < 1.29 is 9.53 Å². The summed E-state index contributed by atoms with van der Waals surface area (Å²) < 4.78 is 4.56. The van der Waals surface area contributed by atoms with Gasteiger partial charge in [0.1, 0.15) is 0 Å². The second kappa shape index (κ2) is 5.50. The minimum Gasteiger partial charge on any atom is -0.469 e. The maximum absolute atomic E-state index is 10.8. The van der Waals surface area contributed by atoms with Crippen molar-refractivity contribution in [2.45, 2.75) is 37.0 Å². The van der Waals surface area contributed by atoms with Gasteiger partial charge >= 0.3 is 5.97 Å². The molecule has 1 saturated carbocycles. The van der Waals surface area contributed by atoms with E-state index in [1.807, 2.05) is 11.8 Å². The van der Waals surface area contributed by atoms with Gasteiger partial charge in [0.25, 0.3) is 0 Å². The smallest absolute Gasteiger partial charge is 0.306 e. The number of methoxy groups -OCH3 is 1. The van der Waals surface area contributed by atoms with Gasteiger partial charge in [-0.1, -0.05) is 6.42 Å². The second-order valence-corrected chi connectivity index (χ2v) is 4.68. The standard InChI is InChI=1S/C9H17NO2S/c1-12-9(11)5-6-13-8-4-2-3-7(8)10/h7-8H,2-6,10H2,1H3. The van der Waals surface area contributed by atoms with Gasteiger partial charge in [0, 0.05) is 17.0 Å². The molecule has 0 aromatic heterocycles. The number of thioether (sulfide) groups is 1. The third-order valence-corrected chi connectivity index (χ3v) is 3.82. The zero-order valence-corrected chi connectivity index (χ0v) is 8.81. The predicted molar refractivity (Wildman–Crippen MR) is 54.7 cm³/mol. The molecule has 13 heavy (non-hydrogen) atoms. The van der Waals surface area contributed by atoms with E-state index in [1.54, 1.807) is 0 Å². The lowest BCUT2D eigenvalue weighted by Gasteiger charge is -2.13. The Bertz CT molecular complexity index is 175. The predicted octanol–water partition coefficient (Wildman–Crippen LogP) is 1.16. The number of nitrogens with two attached hydrogens (primary N) is 1. The Morgan fingerprint density at radius 1 is 1.62 bits per heavy atom. The molecule has 1 aliphatic rings. The summed E-state index contributed by atoms with van der Waals surface area (Å²) in [6.07, 6.45) is 4.07. The quantitative estimate of drug-likeness (QED) is 0.697. The second-order valence-electron chi connectivity index (χ2n) is 3.33. The number of ether oxygens (including phenoxy) is 1. The topological polar surface area (TPSA) is 52.3 Å². The van der Waals surface area contributed by atoms with Crippen molar-refractivity contribution in [1.29, 1.82) is 0 Å². The van der Waals surface area contributed by atoms with E-state index in [0.29, 0.717) is 17.7 Å². The summed E-state index contributed by atoms with van der Waals surface area (Å²) >= 11 is 1.81. The fraction of sp³-hybridized carbons (Fsp3) is 0.889. The maximum Gasteiger partial charge on any atom is 0.306 e. The van der Waals surface area contributed by atoms with Crippen LogP contribution in [0.1, 0.15) is 25.7 Å². The third kappa shape index (κ3) is 3.56. The van der Waals surface area contributed by atoms with Crippen LogP contribution >= 0.6 is 11.8 Å². The molecule has 2 atom stereocenters. The molecule has 1 aliphatic carbocycles. The molecule has 1 rings (SSSR count). The van der Waals surface area contributed by atoms with Gasteiger partial charge in [-0.2, -0.15) is 11.8 Å². The van der Waals surface area contributed by atoms with E-state index in [4.69, 9.17) is 5.73 Å². The lowest BCUT2D eigenvalue weighted by Crippen LogP contribution is -2.26. The Morgan fingerprint density at radius 2 is 2.38 bits per heavy atom. The van der Waals surface area contributed by atoms with Gasteiger partial charge in [0.15, 0.2) is 0 Å². The van der Waals surface area contributed by atoms with E-state index in [1.165, 1.54) is 20.0 Å². The van der Waals surface area contributed by atoms with Crippen molar-refractivity contribution in [3.63, 3.8) is 0 Å². The molecule has 76 valence electrons. The van der Waals surface area contributed by atoms with Crippen LogP contribution in [-0.4, -0.2) is 30.1 Å². The Hall–Kier alpha value is -0.220. The van der Waals surface area contributed by atoms with E-state index in [-0.39, 0.29) is 5.97 Å². The molecule has 4 heteroatoms. The van der Waals surface area contributed by atoms with E-state index in [0.717, 1.165) is 12.2 Å². The SMILES string of the molecule is COC(=O)CCSC1CCCC1N. The highest BCUT2D eigenvalue weighted by Crippen LogP contribution is 2.28. The van der Waals surface area contributed by atoms with Crippen molar-refractivity contribution in [1.82, 2.24) is 0 Å². The van der Waals surface area contributed by atoms with E-state index < -0.39 is 0 Å². The van der Waals surface area contributed by atoms with Crippen LogP contribution in [0.3, 0.4) is 0 Å². The van der Waals surface area contributed by atoms with Crippen LogP contribution in [-0.2, 0) is 9.53 Å². The first-order valence-corrected chi connectivity index (χ1v) is 5.73. The van der Waals surface area contributed by atoms with Gasteiger partial charge in [-0.05, 0) is 12.8 Å². The van der Waals surface area contributed by atoms with Gasteiger partial charge in [-0.3, -0.25) is 4.79 Å². The van der Waals surface area contributed by atoms with Crippen LogP contribution in [0.4, 0.5) is 0 Å². The Morgan fingerprint density at radius 3 is 2.92 bits per heavy atom. The fourth-order valence-electron chi connectivity index (χ4n) is 1.56. The zero-order chi connectivity index (χ0) is 9.68. The van der Waals surface area contributed by atoms with Crippen LogP contribution in [0.25, 0.3) is 0 Å². The summed E-state index contributed by atoms with van der Waals surface area (Å²) in [6, 6.07) is 0.336. The minimum atomic E-state index is -0.126. The third-order valence-electron chi connectivity index (χ3n) is 2.37. The lowest BCUT2D eigenvalue weighted by molar-refractivity contribution is -0.140. The van der Waals surface area contributed by atoms with Gasteiger partial charge in [0.2, 0.25) is 0 Å². The Labute approximate surface area is 83.4 Å². The first kappa shape index (κ1) is 10.9. The first-order chi connectivity index (χ1) is 6.24. The average Bonchev–Trinajstić information content (AvgIpc) is 2.52. The summed E-state index contributed by atoms with van der Waals surface area (Å²) in [5.41, 5.74) is 5.89. The number of carbonyl (C=O) groups is 1.